The average Bonchev–Trinajstić information content (AvgIpc) is 2.40. The van der Waals surface area contributed by atoms with Crippen LogP contribution in [-0.2, 0) is 0 Å². The van der Waals surface area contributed by atoms with E-state index in [4.69, 9.17) is 0 Å². The summed E-state index contributed by atoms with van der Waals surface area (Å²) in [6.45, 7) is 5.33. The highest BCUT2D eigenvalue weighted by Crippen LogP contribution is 2.35. The zero-order valence-corrected chi connectivity index (χ0v) is 13.3. The molecule has 6 heteroatoms. The summed E-state index contributed by atoms with van der Waals surface area (Å²) in [5.74, 6) is 0.351. The lowest BCUT2D eigenvalue weighted by Crippen LogP contribution is -2.37. The molecule has 0 aromatic heterocycles. The molecule has 5 nitrogen and oxygen atoms in total. The van der Waals surface area contributed by atoms with Gasteiger partial charge < -0.3 is 10.0 Å². The minimum atomic E-state index is -0.358. The van der Waals surface area contributed by atoms with E-state index in [1.165, 1.54) is 0 Å². The molecular formula is C14H19BrN2O3. The summed E-state index contributed by atoms with van der Waals surface area (Å²) in [5, 5.41) is 20.6. The highest BCUT2D eigenvalue weighted by molar-refractivity contribution is 9.10. The molecule has 1 heterocycles. The highest BCUT2D eigenvalue weighted by atomic mass is 79.9. The topological polar surface area (TPSA) is 66.6 Å². The number of nitrogens with zero attached hydrogens (tertiary/aromatic N) is 2. The SMILES string of the molecule is Cc1cc(N2CCC(C(C)O)CC2)c(Br)cc1[N+](=O)[O-]. The number of hydrogen-bond acceptors (Lipinski definition) is 4. The minimum absolute atomic E-state index is 0.138. The summed E-state index contributed by atoms with van der Waals surface area (Å²) >= 11 is 3.43. The van der Waals surface area contributed by atoms with Crippen LogP contribution in [0.4, 0.5) is 11.4 Å². The maximum absolute atomic E-state index is 10.9. The molecule has 20 heavy (non-hydrogen) atoms. The van der Waals surface area contributed by atoms with E-state index in [1.807, 2.05) is 13.0 Å². The van der Waals surface area contributed by atoms with Crippen molar-refractivity contribution >= 4 is 27.3 Å². The van der Waals surface area contributed by atoms with Crippen molar-refractivity contribution in [1.82, 2.24) is 0 Å². The Bertz CT molecular complexity index is 511. The van der Waals surface area contributed by atoms with Crippen LogP contribution in [0.1, 0.15) is 25.3 Å². The van der Waals surface area contributed by atoms with Crippen LogP contribution in [-0.4, -0.2) is 29.2 Å². The normalized spacial score (nSPS) is 18.1. The summed E-state index contributed by atoms with van der Waals surface area (Å²) in [4.78, 5) is 12.8. The van der Waals surface area contributed by atoms with E-state index >= 15 is 0 Å². The summed E-state index contributed by atoms with van der Waals surface area (Å²) in [7, 11) is 0. The lowest BCUT2D eigenvalue weighted by Gasteiger charge is -2.35. The van der Waals surface area contributed by atoms with E-state index in [0.717, 1.165) is 36.1 Å². The van der Waals surface area contributed by atoms with Crippen molar-refractivity contribution in [1.29, 1.82) is 0 Å². The fourth-order valence-electron chi connectivity index (χ4n) is 2.72. The Morgan fingerprint density at radius 2 is 2.05 bits per heavy atom. The van der Waals surface area contributed by atoms with Gasteiger partial charge in [-0.3, -0.25) is 10.1 Å². The van der Waals surface area contributed by atoms with Gasteiger partial charge in [0.1, 0.15) is 0 Å². The van der Waals surface area contributed by atoms with Gasteiger partial charge in [-0.25, -0.2) is 0 Å². The third kappa shape index (κ3) is 3.12. The first-order valence-electron chi connectivity index (χ1n) is 6.77. The number of halogens is 1. The summed E-state index contributed by atoms with van der Waals surface area (Å²) < 4.78 is 0.755. The summed E-state index contributed by atoms with van der Waals surface area (Å²) in [6, 6.07) is 3.44. The van der Waals surface area contributed by atoms with Gasteiger partial charge in [0.05, 0.1) is 16.7 Å². The van der Waals surface area contributed by atoms with E-state index in [0.29, 0.717) is 11.5 Å². The average molecular weight is 343 g/mol. The second-order valence-electron chi connectivity index (χ2n) is 5.41. The fraction of sp³-hybridized carbons (Fsp3) is 0.571. The second kappa shape index (κ2) is 6.10. The number of anilines is 1. The van der Waals surface area contributed by atoms with Gasteiger partial charge >= 0.3 is 0 Å². The highest BCUT2D eigenvalue weighted by Gasteiger charge is 2.25. The van der Waals surface area contributed by atoms with Gasteiger partial charge in [-0.1, -0.05) is 0 Å². The van der Waals surface area contributed by atoms with E-state index in [1.54, 1.807) is 13.0 Å². The van der Waals surface area contributed by atoms with Crippen molar-refractivity contribution in [3.05, 3.63) is 32.3 Å². The largest absolute Gasteiger partial charge is 0.393 e. The van der Waals surface area contributed by atoms with Crippen molar-refractivity contribution in [3.63, 3.8) is 0 Å². The zero-order valence-electron chi connectivity index (χ0n) is 11.7. The zero-order chi connectivity index (χ0) is 14.9. The number of aryl methyl sites for hydroxylation is 1. The van der Waals surface area contributed by atoms with Gasteiger partial charge in [0, 0.05) is 29.2 Å². The molecule has 1 N–H and O–H groups in total. The molecule has 0 radical (unpaired) electrons. The predicted octanol–water partition coefficient (Wildman–Crippen LogP) is 3.26. The molecule has 1 saturated heterocycles. The van der Waals surface area contributed by atoms with Gasteiger partial charge in [0.25, 0.3) is 5.69 Å². The molecule has 1 aliphatic rings. The lowest BCUT2D eigenvalue weighted by molar-refractivity contribution is -0.385. The number of aliphatic hydroxyl groups excluding tert-OH is 1. The van der Waals surface area contributed by atoms with E-state index in [-0.39, 0.29) is 16.7 Å². The Hall–Kier alpha value is -1.14. The predicted molar refractivity (Wildman–Crippen MR) is 82.2 cm³/mol. The quantitative estimate of drug-likeness (QED) is 0.676. The van der Waals surface area contributed by atoms with E-state index in [9.17, 15) is 15.2 Å². The Morgan fingerprint density at radius 1 is 1.45 bits per heavy atom. The fourth-order valence-corrected chi connectivity index (χ4v) is 3.30. The van der Waals surface area contributed by atoms with Gasteiger partial charge in [-0.15, -0.1) is 0 Å². The van der Waals surface area contributed by atoms with Gasteiger partial charge in [0.15, 0.2) is 0 Å². The number of nitro benzene ring substituents is 1. The number of hydrogen-bond donors (Lipinski definition) is 1. The molecule has 1 aromatic carbocycles. The Balaban J connectivity index is 2.18. The van der Waals surface area contributed by atoms with Gasteiger partial charge in [-0.05, 0) is 54.6 Å². The van der Waals surface area contributed by atoms with Crippen molar-refractivity contribution in [2.75, 3.05) is 18.0 Å². The first-order valence-corrected chi connectivity index (χ1v) is 7.57. The maximum Gasteiger partial charge on any atom is 0.273 e. The second-order valence-corrected chi connectivity index (χ2v) is 6.27. The number of aliphatic hydroxyl groups is 1. The molecule has 1 aliphatic heterocycles. The van der Waals surface area contributed by atoms with Crippen molar-refractivity contribution < 1.29 is 10.0 Å². The molecule has 1 atom stereocenters. The van der Waals surface area contributed by atoms with Gasteiger partial charge in [0.2, 0.25) is 0 Å². The van der Waals surface area contributed by atoms with Crippen LogP contribution in [0.2, 0.25) is 0 Å². The Labute approximate surface area is 126 Å². The van der Waals surface area contributed by atoms with E-state index < -0.39 is 0 Å². The molecule has 0 bridgehead atoms. The van der Waals surface area contributed by atoms with Crippen LogP contribution < -0.4 is 4.90 Å². The summed E-state index contributed by atoms with van der Waals surface area (Å²) in [6.07, 6.45) is 1.62. The molecule has 0 amide bonds. The smallest absolute Gasteiger partial charge is 0.273 e. The van der Waals surface area contributed by atoms with Crippen LogP contribution in [0.25, 0.3) is 0 Å². The molecular weight excluding hydrogens is 324 g/mol. The number of piperidine rings is 1. The van der Waals surface area contributed by atoms with Crippen LogP contribution in [0.15, 0.2) is 16.6 Å². The monoisotopic (exact) mass is 342 g/mol. The molecule has 0 spiro atoms. The maximum atomic E-state index is 10.9. The standard InChI is InChI=1S/C14H19BrN2O3/c1-9-7-14(12(15)8-13(9)17(19)20)16-5-3-11(4-6-16)10(2)18/h7-8,10-11,18H,3-6H2,1-2H3. The van der Waals surface area contributed by atoms with Crippen LogP contribution in [0.3, 0.4) is 0 Å². The Morgan fingerprint density at radius 3 is 2.55 bits per heavy atom. The molecule has 0 saturated carbocycles. The van der Waals surface area contributed by atoms with Crippen molar-refractivity contribution in [3.8, 4) is 0 Å². The number of benzene rings is 1. The van der Waals surface area contributed by atoms with Crippen molar-refractivity contribution in [2.24, 2.45) is 5.92 Å². The lowest BCUT2D eigenvalue weighted by atomic mass is 9.92. The number of nitro groups is 1. The summed E-state index contributed by atoms with van der Waals surface area (Å²) in [5.41, 5.74) is 1.81. The third-order valence-corrected chi connectivity index (χ3v) is 4.66. The number of rotatable bonds is 3. The molecule has 1 aromatic rings. The van der Waals surface area contributed by atoms with Crippen LogP contribution in [0.5, 0.6) is 0 Å². The minimum Gasteiger partial charge on any atom is -0.393 e. The first-order chi connectivity index (χ1) is 9.40. The van der Waals surface area contributed by atoms with E-state index in [2.05, 4.69) is 20.8 Å². The Kier molecular flexibility index (Phi) is 4.65. The third-order valence-electron chi connectivity index (χ3n) is 4.02. The molecule has 1 unspecified atom stereocenters. The molecule has 0 aliphatic carbocycles. The van der Waals surface area contributed by atoms with Crippen LogP contribution in [0, 0.1) is 23.0 Å². The molecule has 2 rings (SSSR count). The van der Waals surface area contributed by atoms with Crippen LogP contribution >= 0.6 is 15.9 Å². The van der Waals surface area contributed by atoms with Gasteiger partial charge in [-0.2, -0.15) is 0 Å². The van der Waals surface area contributed by atoms with Crippen molar-refractivity contribution in [2.45, 2.75) is 32.8 Å². The molecule has 110 valence electrons. The molecule has 1 fully saturated rings. The first kappa shape index (κ1) is 15.3.